The van der Waals surface area contributed by atoms with Gasteiger partial charge in [0.2, 0.25) is 0 Å². The van der Waals surface area contributed by atoms with Crippen LogP contribution >= 0.6 is 23.7 Å². The number of hydrogen-bond acceptors (Lipinski definition) is 7. The normalized spacial score (nSPS) is 10.9. The fourth-order valence-electron chi connectivity index (χ4n) is 2.32. The van der Waals surface area contributed by atoms with E-state index >= 15 is 0 Å². The Labute approximate surface area is 167 Å². The lowest BCUT2D eigenvalue weighted by Gasteiger charge is -2.20. The summed E-state index contributed by atoms with van der Waals surface area (Å²) in [6.45, 7) is 0.617. The average molecular weight is 433 g/mol. The highest BCUT2D eigenvalue weighted by molar-refractivity contribution is 7.22. The fourth-order valence-corrected chi connectivity index (χ4v) is 3.35. The van der Waals surface area contributed by atoms with Crippen molar-refractivity contribution in [3.05, 3.63) is 51.8 Å². The molecule has 3 aromatic rings. The second-order valence-electron chi connectivity index (χ2n) is 5.89. The van der Waals surface area contributed by atoms with Gasteiger partial charge >= 0.3 is 5.88 Å². The Hall–Kier alpha value is -2.63. The van der Waals surface area contributed by atoms with Crippen molar-refractivity contribution in [3.63, 3.8) is 0 Å². The lowest BCUT2D eigenvalue weighted by atomic mass is 10.3. The van der Waals surface area contributed by atoms with Gasteiger partial charge in [0.25, 0.3) is 5.91 Å². The maximum atomic E-state index is 14.0. The Morgan fingerprint density at radius 3 is 2.61 bits per heavy atom. The Kier molecular flexibility index (Phi) is 6.65. The topological polar surface area (TPSA) is 92.7 Å². The number of hydrogen-bond donors (Lipinski definition) is 0. The van der Waals surface area contributed by atoms with Gasteiger partial charge in [0.05, 0.1) is 10.8 Å². The number of carbonyl (C=O) groups excluding carboxylic acids is 1. The van der Waals surface area contributed by atoms with Crippen LogP contribution in [0, 0.1) is 21.7 Å². The standard InChI is InChI=1S/C16H14F2N4O4S.ClH/c1-20(2)5-6-21(15(23)11-3-4-13(26-11)22(24)25)16-19-14-10(18)7-9(17)8-12(14)27-16;/h3-4,7-8H,5-6H2,1-2H3;1H. The fraction of sp³-hybridized carbons (Fsp3) is 0.250. The second-order valence-corrected chi connectivity index (χ2v) is 6.89. The summed E-state index contributed by atoms with van der Waals surface area (Å²) in [4.78, 5) is 30.0. The van der Waals surface area contributed by atoms with Gasteiger partial charge in [0, 0.05) is 19.2 Å². The van der Waals surface area contributed by atoms with Gasteiger partial charge in [0.15, 0.2) is 16.7 Å². The van der Waals surface area contributed by atoms with Crippen molar-refractivity contribution in [1.29, 1.82) is 0 Å². The van der Waals surface area contributed by atoms with Gasteiger partial charge in [-0.25, -0.2) is 13.8 Å². The minimum absolute atomic E-state index is 0. The van der Waals surface area contributed by atoms with Gasteiger partial charge in [0.1, 0.15) is 16.3 Å². The molecule has 2 heterocycles. The van der Waals surface area contributed by atoms with Crippen LogP contribution in [0.25, 0.3) is 10.2 Å². The van der Waals surface area contributed by atoms with E-state index in [0.717, 1.165) is 23.5 Å². The van der Waals surface area contributed by atoms with Crippen LogP contribution in [0.5, 0.6) is 0 Å². The molecule has 0 N–H and O–H groups in total. The molecule has 0 radical (unpaired) electrons. The average Bonchev–Trinajstić information content (AvgIpc) is 3.21. The predicted molar refractivity (Wildman–Crippen MR) is 102 cm³/mol. The zero-order valence-electron chi connectivity index (χ0n) is 14.7. The van der Waals surface area contributed by atoms with Crippen LogP contribution in [0.3, 0.4) is 0 Å². The van der Waals surface area contributed by atoms with Gasteiger partial charge < -0.3 is 9.32 Å². The van der Waals surface area contributed by atoms with E-state index in [1.807, 2.05) is 4.90 Å². The minimum Gasteiger partial charge on any atom is -0.395 e. The van der Waals surface area contributed by atoms with E-state index in [9.17, 15) is 23.7 Å². The number of halogens is 3. The van der Waals surface area contributed by atoms with E-state index in [1.165, 1.54) is 11.0 Å². The molecule has 0 saturated heterocycles. The monoisotopic (exact) mass is 432 g/mol. The molecule has 0 spiro atoms. The number of benzene rings is 1. The van der Waals surface area contributed by atoms with E-state index in [2.05, 4.69) is 4.98 Å². The first-order valence-corrected chi connectivity index (χ1v) is 8.54. The highest BCUT2D eigenvalue weighted by Crippen LogP contribution is 2.32. The van der Waals surface area contributed by atoms with Crippen LogP contribution in [-0.4, -0.2) is 47.9 Å². The molecule has 0 aliphatic rings. The van der Waals surface area contributed by atoms with Gasteiger partial charge in [-0.2, -0.15) is 0 Å². The second kappa shape index (κ2) is 8.59. The lowest BCUT2D eigenvalue weighted by molar-refractivity contribution is -0.402. The van der Waals surface area contributed by atoms with Crippen molar-refractivity contribution >= 4 is 50.9 Å². The first-order chi connectivity index (χ1) is 12.8. The summed E-state index contributed by atoms with van der Waals surface area (Å²) in [5.41, 5.74) is -0.0514. The van der Waals surface area contributed by atoms with Crippen LogP contribution in [0.15, 0.2) is 28.7 Å². The number of fused-ring (bicyclic) bond motifs is 1. The quantitative estimate of drug-likeness (QED) is 0.435. The van der Waals surface area contributed by atoms with Crippen LogP contribution in [0.4, 0.5) is 19.8 Å². The zero-order valence-corrected chi connectivity index (χ0v) is 16.4. The molecule has 0 bridgehead atoms. The number of nitro groups is 1. The highest BCUT2D eigenvalue weighted by atomic mass is 35.5. The molecule has 2 aromatic heterocycles. The highest BCUT2D eigenvalue weighted by Gasteiger charge is 2.26. The van der Waals surface area contributed by atoms with Crippen molar-refractivity contribution in [2.24, 2.45) is 0 Å². The molecule has 0 atom stereocenters. The third-order valence-electron chi connectivity index (χ3n) is 3.63. The minimum atomic E-state index is -0.832. The van der Waals surface area contributed by atoms with Gasteiger partial charge in [-0.05, 0) is 26.2 Å². The SMILES string of the molecule is CN(C)CCN(C(=O)c1ccc([N+](=O)[O-])o1)c1nc2c(F)cc(F)cc2s1.Cl. The van der Waals surface area contributed by atoms with E-state index < -0.39 is 28.3 Å². The van der Waals surface area contributed by atoms with Gasteiger partial charge in [-0.1, -0.05) is 11.3 Å². The van der Waals surface area contributed by atoms with E-state index in [4.69, 9.17) is 4.42 Å². The summed E-state index contributed by atoms with van der Waals surface area (Å²) in [6.07, 6.45) is 0. The Morgan fingerprint density at radius 1 is 1.29 bits per heavy atom. The van der Waals surface area contributed by atoms with Crippen LogP contribution in [-0.2, 0) is 0 Å². The molecule has 150 valence electrons. The third-order valence-corrected chi connectivity index (χ3v) is 4.66. The van der Waals surface area contributed by atoms with Crippen molar-refractivity contribution < 1.29 is 22.9 Å². The molecular weight excluding hydrogens is 418 g/mol. The van der Waals surface area contributed by atoms with Crippen molar-refractivity contribution in [1.82, 2.24) is 9.88 Å². The van der Waals surface area contributed by atoms with Crippen LogP contribution in [0.1, 0.15) is 10.6 Å². The first kappa shape index (κ1) is 21.7. The number of thiazole rings is 1. The number of likely N-dealkylation sites (N-methyl/N-ethyl adjacent to an activating group) is 1. The molecule has 3 rings (SSSR count). The molecule has 0 aliphatic heterocycles. The van der Waals surface area contributed by atoms with Crippen molar-refractivity contribution in [2.75, 3.05) is 32.1 Å². The largest absolute Gasteiger partial charge is 0.433 e. The molecular formula is C16H15ClF2N4O4S. The molecule has 12 heteroatoms. The summed E-state index contributed by atoms with van der Waals surface area (Å²) >= 11 is 0.941. The number of aromatic nitrogens is 1. The number of anilines is 1. The van der Waals surface area contributed by atoms with Crippen LogP contribution in [0.2, 0.25) is 0 Å². The van der Waals surface area contributed by atoms with Crippen molar-refractivity contribution in [3.8, 4) is 0 Å². The molecule has 0 aliphatic carbocycles. The summed E-state index contributed by atoms with van der Waals surface area (Å²) in [7, 11) is 3.60. The van der Waals surface area contributed by atoms with Crippen LogP contribution < -0.4 is 4.90 Å². The summed E-state index contributed by atoms with van der Waals surface area (Å²) < 4.78 is 32.6. The van der Waals surface area contributed by atoms with Gasteiger partial charge in [-0.3, -0.25) is 19.8 Å². The molecule has 1 aromatic carbocycles. The number of carbonyl (C=O) groups is 1. The summed E-state index contributed by atoms with van der Waals surface area (Å²) in [5.74, 6) is -3.05. The molecule has 8 nitrogen and oxygen atoms in total. The zero-order chi connectivity index (χ0) is 19.7. The first-order valence-electron chi connectivity index (χ1n) is 7.72. The molecule has 0 unspecified atom stereocenters. The number of nitrogens with zero attached hydrogens (tertiary/aromatic N) is 4. The Morgan fingerprint density at radius 2 is 2.00 bits per heavy atom. The maximum Gasteiger partial charge on any atom is 0.433 e. The lowest BCUT2D eigenvalue weighted by Crippen LogP contribution is -2.36. The predicted octanol–water partition coefficient (Wildman–Crippen LogP) is 3.71. The van der Waals surface area contributed by atoms with Crippen molar-refractivity contribution in [2.45, 2.75) is 0 Å². The number of amides is 1. The molecule has 28 heavy (non-hydrogen) atoms. The smallest absolute Gasteiger partial charge is 0.395 e. The number of rotatable bonds is 6. The van der Waals surface area contributed by atoms with E-state index in [0.29, 0.717) is 12.6 Å². The van der Waals surface area contributed by atoms with E-state index in [1.54, 1.807) is 14.1 Å². The third kappa shape index (κ3) is 4.43. The Bertz CT molecular complexity index is 1020. The van der Waals surface area contributed by atoms with E-state index in [-0.39, 0.29) is 40.1 Å². The maximum absolute atomic E-state index is 14.0. The Balaban J connectivity index is 0.00000280. The van der Waals surface area contributed by atoms with Gasteiger partial charge in [-0.15, -0.1) is 12.4 Å². The number of furan rings is 1. The molecule has 0 fully saturated rings. The molecule has 0 saturated carbocycles. The summed E-state index contributed by atoms with van der Waals surface area (Å²) in [6, 6.07) is 4.11. The molecule has 1 amide bonds. The summed E-state index contributed by atoms with van der Waals surface area (Å²) in [5, 5.41) is 10.9.